The lowest BCUT2D eigenvalue weighted by Gasteiger charge is -2.19. The summed E-state index contributed by atoms with van der Waals surface area (Å²) >= 11 is 0. The summed E-state index contributed by atoms with van der Waals surface area (Å²) in [7, 11) is 2.03. The molecule has 0 aliphatic carbocycles. The monoisotopic (exact) mass is 501 g/mol. The molecule has 0 amide bonds. The third-order valence-corrected chi connectivity index (χ3v) is 5.10. The number of benzene rings is 2. The maximum absolute atomic E-state index is 14.5. The Hall–Kier alpha value is -3.96. The van der Waals surface area contributed by atoms with Crippen LogP contribution in [0.4, 0.5) is 26.3 Å². The van der Waals surface area contributed by atoms with Crippen molar-refractivity contribution in [1.29, 1.82) is 0 Å². The minimum atomic E-state index is -5.13. The first kappa shape index (κ1) is 25.7. The Balaban J connectivity index is 2.34. The van der Waals surface area contributed by atoms with Crippen molar-refractivity contribution in [1.82, 2.24) is 4.98 Å². The number of hydrogen-bond donors (Lipinski definition) is 1. The van der Waals surface area contributed by atoms with Crippen LogP contribution in [0.2, 0.25) is 0 Å². The number of ether oxygens (including phenoxy) is 3. The predicted molar refractivity (Wildman–Crippen MR) is 111 cm³/mol. The van der Waals surface area contributed by atoms with E-state index in [1.165, 1.54) is 13.8 Å². The minimum Gasteiger partial charge on any atom is -0.490 e. The van der Waals surface area contributed by atoms with Gasteiger partial charge in [0.25, 0.3) is 0 Å². The standard InChI is InChI=1S/C23H17F6NO5/c1-9-19(30-10(2)17(20(9)31)22(32)34-4)11-7-14(25)12(23(27,28)29)8-16(11)35-15-6-5-13(24)18(26)21(15)33-3/h5-8H,1-4H3,(H,30,31). The van der Waals surface area contributed by atoms with Gasteiger partial charge in [-0.2, -0.15) is 17.6 Å². The smallest absolute Gasteiger partial charge is 0.419 e. The second-order valence-electron chi connectivity index (χ2n) is 7.27. The highest BCUT2D eigenvalue weighted by Gasteiger charge is 2.36. The maximum Gasteiger partial charge on any atom is 0.419 e. The van der Waals surface area contributed by atoms with Crippen molar-refractivity contribution in [2.75, 3.05) is 14.2 Å². The van der Waals surface area contributed by atoms with E-state index in [-0.39, 0.29) is 28.1 Å². The van der Waals surface area contributed by atoms with Crippen LogP contribution in [0.3, 0.4) is 0 Å². The van der Waals surface area contributed by atoms with E-state index in [4.69, 9.17) is 9.47 Å². The van der Waals surface area contributed by atoms with Gasteiger partial charge in [0.1, 0.15) is 17.1 Å². The first-order valence-corrected chi connectivity index (χ1v) is 9.74. The number of pyridine rings is 1. The van der Waals surface area contributed by atoms with Crippen molar-refractivity contribution in [2.24, 2.45) is 0 Å². The third-order valence-electron chi connectivity index (χ3n) is 5.10. The second-order valence-corrected chi connectivity index (χ2v) is 7.27. The van der Waals surface area contributed by atoms with E-state index >= 15 is 0 Å². The van der Waals surface area contributed by atoms with Gasteiger partial charge < -0.3 is 19.2 Å². The molecule has 2 aromatic carbocycles. The number of nitrogens with one attached hydrogen (secondary N) is 1. The van der Waals surface area contributed by atoms with Crippen molar-refractivity contribution < 1.29 is 45.3 Å². The molecule has 1 aromatic heterocycles. The lowest BCUT2D eigenvalue weighted by molar-refractivity contribution is -0.140. The Bertz CT molecular complexity index is 1380. The fourth-order valence-corrected chi connectivity index (χ4v) is 3.39. The molecule has 0 atom stereocenters. The van der Waals surface area contributed by atoms with Gasteiger partial charge in [0, 0.05) is 16.8 Å². The quantitative estimate of drug-likeness (QED) is 0.360. The largest absolute Gasteiger partial charge is 0.490 e. The molecular weight excluding hydrogens is 484 g/mol. The number of alkyl halides is 3. The number of aryl methyl sites for hydroxylation is 1. The van der Waals surface area contributed by atoms with Gasteiger partial charge in [-0.1, -0.05) is 0 Å². The van der Waals surface area contributed by atoms with E-state index < -0.39 is 57.8 Å². The zero-order valence-electron chi connectivity index (χ0n) is 18.6. The lowest BCUT2D eigenvalue weighted by atomic mass is 9.99. The summed E-state index contributed by atoms with van der Waals surface area (Å²) in [5, 5.41) is 0. The average molecular weight is 501 g/mol. The Kier molecular flexibility index (Phi) is 6.86. The molecule has 186 valence electrons. The Morgan fingerprint density at radius 3 is 2.20 bits per heavy atom. The number of aromatic amines is 1. The van der Waals surface area contributed by atoms with Gasteiger partial charge in [-0.05, 0) is 38.1 Å². The van der Waals surface area contributed by atoms with E-state index in [1.807, 2.05) is 0 Å². The minimum absolute atomic E-state index is 0.0147. The van der Waals surface area contributed by atoms with E-state index in [9.17, 15) is 35.9 Å². The molecule has 6 nitrogen and oxygen atoms in total. The molecule has 0 saturated carbocycles. The molecule has 0 fully saturated rings. The molecule has 1 N–H and O–H groups in total. The molecule has 12 heteroatoms. The summed E-state index contributed by atoms with van der Waals surface area (Å²) < 4.78 is 97.3. The van der Waals surface area contributed by atoms with Gasteiger partial charge in [0.15, 0.2) is 17.0 Å². The lowest BCUT2D eigenvalue weighted by Crippen LogP contribution is -2.22. The Morgan fingerprint density at radius 2 is 1.63 bits per heavy atom. The highest BCUT2D eigenvalue weighted by Crippen LogP contribution is 2.43. The van der Waals surface area contributed by atoms with Crippen LogP contribution in [-0.4, -0.2) is 25.2 Å². The van der Waals surface area contributed by atoms with Gasteiger partial charge in [-0.25, -0.2) is 13.6 Å². The van der Waals surface area contributed by atoms with Crippen LogP contribution in [0, 0.1) is 31.3 Å². The molecule has 0 saturated heterocycles. The van der Waals surface area contributed by atoms with Crippen LogP contribution >= 0.6 is 0 Å². The number of rotatable bonds is 5. The first-order valence-electron chi connectivity index (χ1n) is 9.74. The summed E-state index contributed by atoms with van der Waals surface area (Å²) in [5.74, 6) is -7.35. The summed E-state index contributed by atoms with van der Waals surface area (Å²) in [5.41, 5.74) is -3.61. The third kappa shape index (κ3) is 4.68. The van der Waals surface area contributed by atoms with Crippen LogP contribution < -0.4 is 14.9 Å². The van der Waals surface area contributed by atoms with Crippen molar-refractivity contribution in [3.63, 3.8) is 0 Å². The molecule has 0 spiro atoms. The second kappa shape index (κ2) is 9.35. The SMILES string of the molecule is COC(=O)c1c(C)[nH]c(-c2cc(F)c(C(F)(F)F)cc2Oc2ccc(F)c(F)c2OC)c(C)c1=O. The van der Waals surface area contributed by atoms with E-state index in [0.29, 0.717) is 18.2 Å². The van der Waals surface area contributed by atoms with E-state index in [0.717, 1.165) is 20.3 Å². The average Bonchev–Trinajstić information content (AvgIpc) is 2.79. The molecular formula is C23H17F6NO5. The van der Waals surface area contributed by atoms with Crippen LogP contribution in [0.25, 0.3) is 11.3 Å². The first-order chi connectivity index (χ1) is 16.3. The van der Waals surface area contributed by atoms with E-state index in [2.05, 4.69) is 9.72 Å². The molecule has 0 aliphatic heterocycles. The number of esters is 1. The number of H-pyrrole nitrogens is 1. The number of hydrogen-bond acceptors (Lipinski definition) is 5. The molecule has 1 heterocycles. The number of methoxy groups -OCH3 is 2. The van der Waals surface area contributed by atoms with Gasteiger partial charge in [-0.3, -0.25) is 4.79 Å². The molecule has 0 unspecified atom stereocenters. The molecule has 3 aromatic rings. The molecule has 0 bridgehead atoms. The van der Waals surface area contributed by atoms with Crippen molar-refractivity contribution in [3.05, 3.63) is 74.3 Å². The summed E-state index contributed by atoms with van der Waals surface area (Å²) in [6.07, 6.45) is -5.13. The van der Waals surface area contributed by atoms with Crippen LogP contribution in [0.15, 0.2) is 29.1 Å². The zero-order chi connectivity index (χ0) is 26.2. The van der Waals surface area contributed by atoms with Crippen LogP contribution in [-0.2, 0) is 10.9 Å². The van der Waals surface area contributed by atoms with Crippen molar-refractivity contribution >= 4 is 5.97 Å². The Labute approximate surface area is 194 Å². The fraction of sp³-hybridized carbons (Fsp3) is 0.217. The highest BCUT2D eigenvalue weighted by molar-refractivity contribution is 5.91. The number of halogens is 6. The van der Waals surface area contributed by atoms with Gasteiger partial charge in [-0.15, -0.1) is 0 Å². The summed E-state index contributed by atoms with van der Waals surface area (Å²) in [6.45, 7) is 2.58. The normalized spacial score (nSPS) is 11.4. The van der Waals surface area contributed by atoms with Crippen molar-refractivity contribution in [3.8, 4) is 28.5 Å². The van der Waals surface area contributed by atoms with Gasteiger partial charge in [0.2, 0.25) is 11.6 Å². The predicted octanol–water partition coefficient (Wildman–Crippen LogP) is 5.68. The van der Waals surface area contributed by atoms with Gasteiger partial charge in [0.05, 0.1) is 25.5 Å². The zero-order valence-corrected chi connectivity index (χ0v) is 18.6. The van der Waals surface area contributed by atoms with Gasteiger partial charge >= 0.3 is 12.1 Å². The van der Waals surface area contributed by atoms with E-state index in [1.54, 1.807) is 0 Å². The fourth-order valence-electron chi connectivity index (χ4n) is 3.39. The topological polar surface area (TPSA) is 77.6 Å². The van der Waals surface area contributed by atoms with Crippen LogP contribution in [0.5, 0.6) is 17.2 Å². The molecule has 0 radical (unpaired) electrons. The highest BCUT2D eigenvalue weighted by atomic mass is 19.4. The number of aromatic nitrogens is 1. The number of carbonyl (C=O) groups excluding carboxylic acids is 1. The number of carbonyl (C=O) groups is 1. The van der Waals surface area contributed by atoms with Crippen LogP contribution in [0.1, 0.15) is 27.2 Å². The summed E-state index contributed by atoms with van der Waals surface area (Å²) in [4.78, 5) is 27.5. The Morgan fingerprint density at radius 1 is 0.971 bits per heavy atom. The molecule has 35 heavy (non-hydrogen) atoms. The maximum atomic E-state index is 14.5. The molecule has 3 rings (SSSR count). The van der Waals surface area contributed by atoms with Crippen molar-refractivity contribution in [2.45, 2.75) is 20.0 Å². The molecule has 0 aliphatic rings. The summed E-state index contributed by atoms with van der Waals surface area (Å²) in [6, 6.07) is 2.34.